The van der Waals surface area contributed by atoms with Crippen LogP contribution in [0.3, 0.4) is 0 Å². The number of fused-ring (bicyclic) bond motifs is 1. The highest BCUT2D eigenvalue weighted by Gasteiger charge is 2.28. The van der Waals surface area contributed by atoms with Gasteiger partial charge in [0.05, 0.1) is 17.0 Å². The number of amides is 1. The average molecular weight is 422 g/mol. The molecule has 1 N–H and O–H groups in total. The topological polar surface area (TPSA) is 91.4 Å². The monoisotopic (exact) mass is 422 g/mol. The first-order valence-electron chi connectivity index (χ1n) is 10.7. The van der Waals surface area contributed by atoms with Gasteiger partial charge in [0.1, 0.15) is 0 Å². The predicted molar refractivity (Wildman–Crippen MR) is 113 cm³/mol. The standard InChI is InChI=1S/C23H26N4O4/c1-14-9-20(31-26-14)18-12-27(2)25-22(18)16-5-3-15(4-6-16)11-24-23(28)17-7-8-19-21(10-17)30-13-29-19/h7-10,12,15-16H,3-6,11,13H2,1-2H3,(H,24,28). The van der Waals surface area contributed by atoms with Crippen molar-refractivity contribution < 1.29 is 18.8 Å². The van der Waals surface area contributed by atoms with Crippen molar-refractivity contribution in [2.45, 2.75) is 38.5 Å². The lowest BCUT2D eigenvalue weighted by molar-refractivity contribution is 0.0942. The Labute approximate surface area is 180 Å². The largest absolute Gasteiger partial charge is 0.454 e. The van der Waals surface area contributed by atoms with E-state index in [-0.39, 0.29) is 12.7 Å². The molecule has 1 amide bonds. The van der Waals surface area contributed by atoms with Gasteiger partial charge in [0.25, 0.3) is 5.91 Å². The van der Waals surface area contributed by atoms with E-state index in [1.807, 2.05) is 30.9 Å². The van der Waals surface area contributed by atoms with Crippen LogP contribution in [0.15, 0.2) is 35.0 Å². The number of benzene rings is 1. The molecule has 0 saturated heterocycles. The molecule has 0 bridgehead atoms. The number of nitrogens with zero attached hydrogens (tertiary/aromatic N) is 3. The summed E-state index contributed by atoms with van der Waals surface area (Å²) in [6, 6.07) is 7.25. The number of nitrogens with one attached hydrogen (secondary N) is 1. The van der Waals surface area contributed by atoms with Gasteiger partial charge in [-0.25, -0.2) is 0 Å². The lowest BCUT2D eigenvalue weighted by Crippen LogP contribution is -2.31. The van der Waals surface area contributed by atoms with Crippen LogP contribution < -0.4 is 14.8 Å². The molecule has 1 saturated carbocycles. The number of hydrogen-bond donors (Lipinski definition) is 1. The van der Waals surface area contributed by atoms with Gasteiger partial charge in [-0.05, 0) is 56.7 Å². The second-order valence-corrected chi connectivity index (χ2v) is 8.43. The van der Waals surface area contributed by atoms with Crippen LogP contribution >= 0.6 is 0 Å². The molecule has 0 atom stereocenters. The van der Waals surface area contributed by atoms with Crippen molar-refractivity contribution in [3.63, 3.8) is 0 Å². The van der Waals surface area contributed by atoms with Gasteiger partial charge in [-0.3, -0.25) is 9.48 Å². The van der Waals surface area contributed by atoms with Crippen molar-refractivity contribution in [1.82, 2.24) is 20.3 Å². The Hall–Kier alpha value is -3.29. The van der Waals surface area contributed by atoms with E-state index in [2.05, 4.69) is 10.5 Å². The second kappa shape index (κ2) is 8.09. The summed E-state index contributed by atoms with van der Waals surface area (Å²) in [6.45, 7) is 2.81. The molecule has 31 heavy (non-hydrogen) atoms. The van der Waals surface area contributed by atoms with Crippen LogP contribution in [0.2, 0.25) is 0 Å². The number of carbonyl (C=O) groups is 1. The van der Waals surface area contributed by atoms with Gasteiger partial charge in [-0.1, -0.05) is 5.16 Å². The molecule has 2 aliphatic rings. The highest BCUT2D eigenvalue weighted by molar-refractivity contribution is 5.94. The first kappa shape index (κ1) is 19.7. The first-order chi connectivity index (χ1) is 15.1. The number of rotatable bonds is 5. The minimum Gasteiger partial charge on any atom is -0.454 e. The second-order valence-electron chi connectivity index (χ2n) is 8.43. The maximum absolute atomic E-state index is 12.5. The average Bonchev–Trinajstić information content (AvgIpc) is 3.51. The third kappa shape index (κ3) is 4.02. The third-order valence-corrected chi connectivity index (χ3v) is 6.17. The Morgan fingerprint density at radius 3 is 2.74 bits per heavy atom. The third-order valence-electron chi connectivity index (χ3n) is 6.17. The van der Waals surface area contributed by atoms with E-state index in [0.29, 0.717) is 35.4 Å². The molecular formula is C23H26N4O4. The molecular weight excluding hydrogens is 396 g/mol. The van der Waals surface area contributed by atoms with Crippen LogP contribution in [0.5, 0.6) is 11.5 Å². The SMILES string of the molecule is Cc1cc(-c2cn(C)nc2C2CCC(CNC(=O)c3ccc4c(c3)OCO4)CC2)on1. The fourth-order valence-corrected chi connectivity index (χ4v) is 4.50. The molecule has 1 aliphatic heterocycles. The van der Waals surface area contributed by atoms with Crippen LogP contribution in [-0.4, -0.2) is 34.2 Å². The van der Waals surface area contributed by atoms with Gasteiger partial charge in [0.15, 0.2) is 17.3 Å². The molecule has 0 radical (unpaired) electrons. The van der Waals surface area contributed by atoms with Crippen molar-refractivity contribution >= 4 is 5.91 Å². The van der Waals surface area contributed by atoms with Crippen LogP contribution in [0.1, 0.15) is 53.3 Å². The van der Waals surface area contributed by atoms with Gasteiger partial charge in [-0.15, -0.1) is 0 Å². The molecule has 3 heterocycles. The van der Waals surface area contributed by atoms with Gasteiger partial charge < -0.3 is 19.3 Å². The molecule has 162 valence electrons. The van der Waals surface area contributed by atoms with Crippen LogP contribution in [-0.2, 0) is 7.05 Å². The molecule has 3 aromatic rings. The van der Waals surface area contributed by atoms with Crippen molar-refractivity contribution in [2.75, 3.05) is 13.3 Å². The van der Waals surface area contributed by atoms with E-state index in [0.717, 1.165) is 48.4 Å². The highest BCUT2D eigenvalue weighted by atomic mass is 16.7. The summed E-state index contributed by atoms with van der Waals surface area (Å²) >= 11 is 0. The predicted octanol–water partition coefficient (Wildman–Crippen LogP) is 3.82. The number of hydrogen-bond acceptors (Lipinski definition) is 6. The Morgan fingerprint density at radius 1 is 1.16 bits per heavy atom. The summed E-state index contributed by atoms with van der Waals surface area (Å²) in [7, 11) is 1.94. The quantitative estimate of drug-likeness (QED) is 0.672. The highest BCUT2D eigenvalue weighted by Crippen LogP contribution is 2.39. The van der Waals surface area contributed by atoms with Crippen LogP contribution in [0.25, 0.3) is 11.3 Å². The van der Waals surface area contributed by atoms with Crippen LogP contribution in [0, 0.1) is 12.8 Å². The fraction of sp³-hybridized carbons (Fsp3) is 0.435. The lowest BCUT2D eigenvalue weighted by atomic mass is 9.79. The maximum Gasteiger partial charge on any atom is 0.251 e. The van der Waals surface area contributed by atoms with Gasteiger partial charge in [0, 0.05) is 37.3 Å². The molecule has 8 nitrogen and oxygen atoms in total. The molecule has 0 unspecified atom stereocenters. The van der Waals surface area contributed by atoms with E-state index < -0.39 is 0 Å². The Bertz CT molecular complexity index is 1090. The normalized spacial score (nSPS) is 20.1. The van der Waals surface area contributed by atoms with E-state index in [4.69, 9.17) is 19.1 Å². The van der Waals surface area contributed by atoms with Crippen LogP contribution in [0.4, 0.5) is 0 Å². The summed E-state index contributed by atoms with van der Waals surface area (Å²) in [5.41, 5.74) is 3.58. The van der Waals surface area contributed by atoms with Gasteiger partial charge in [-0.2, -0.15) is 5.10 Å². The molecule has 0 spiro atoms. The summed E-state index contributed by atoms with van der Waals surface area (Å²) in [5.74, 6) is 2.87. The fourth-order valence-electron chi connectivity index (χ4n) is 4.50. The number of aryl methyl sites for hydroxylation is 2. The summed E-state index contributed by atoms with van der Waals surface area (Å²) < 4.78 is 18.0. The smallest absolute Gasteiger partial charge is 0.251 e. The minimum absolute atomic E-state index is 0.0758. The Morgan fingerprint density at radius 2 is 1.97 bits per heavy atom. The van der Waals surface area contributed by atoms with E-state index >= 15 is 0 Å². The van der Waals surface area contributed by atoms with Crippen molar-refractivity contribution in [3.05, 3.63) is 47.4 Å². The lowest BCUT2D eigenvalue weighted by Gasteiger charge is -2.28. The van der Waals surface area contributed by atoms with E-state index in [1.165, 1.54) is 0 Å². The summed E-state index contributed by atoms with van der Waals surface area (Å²) in [5, 5.41) is 11.8. The Balaban J connectivity index is 1.17. The number of carbonyl (C=O) groups excluding carboxylic acids is 1. The number of aromatic nitrogens is 3. The minimum atomic E-state index is -0.0758. The van der Waals surface area contributed by atoms with Crippen molar-refractivity contribution in [1.29, 1.82) is 0 Å². The zero-order chi connectivity index (χ0) is 21.4. The zero-order valence-electron chi connectivity index (χ0n) is 17.8. The van der Waals surface area contributed by atoms with Crippen molar-refractivity contribution in [3.8, 4) is 22.8 Å². The molecule has 2 aromatic heterocycles. The maximum atomic E-state index is 12.5. The number of ether oxygens (including phenoxy) is 2. The van der Waals surface area contributed by atoms with E-state index in [1.54, 1.807) is 18.2 Å². The van der Waals surface area contributed by atoms with Gasteiger partial charge >= 0.3 is 0 Å². The van der Waals surface area contributed by atoms with Crippen molar-refractivity contribution in [2.24, 2.45) is 13.0 Å². The molecule has 1 aliphatic carbocycles. The molecule has 8 heteroatoms. The van der Waals surface area contributed by atoms with Gasteiger partial charge in [0.2, 0.25) is 6.79 Å². The zero-order valence-corrected chi connectivity index (χ0v) is 17.8. The first-order valence-corrected chi connectivity index (χ1v) is 10.7. The summed E-state index contributed by atoms with van der Waals surface area (Å²) in [6.07, 6.45) is 6.20. The van der Waals surface area contributed by atoms with E-state index in [9.17, 15) is 4.79 Å². The molecule has 1 aromatic carbocycles. The molecule has 1 fully saturated rings. The summed E-state index contributed by atoms with van der Waals surface area (Å²) in [4.78, 5) is 12.5. The molecule has 5 rings (SSSR count). The Kier molecular flexibility index (Phi) is 5.13.